The van der Waals surface area contributed by atoms with Crippen LogP contribution in [0.25, 0.3) is 0 Å². The molecule has 9 heteroatoms. The Labute approximate surface area is 125 Å². The second-order valence-electron chi connectivity index (χ2n) is 3.06. The van der Waals surface area contributed by atoms with Crippen molar-refractivity contribution in [2.45, 2.75) is 9.97 Å². The zero-order valence-corrected chi connectivity index (χ0v) is 12.0. The molecule has 0 aromatic heterocycles. The molecule has 0 heterocycles. The smallest absolute Gasteiger partial charge is 0.235 e. The Kier molecular flexibility index (Phi) is 5.06. The molecule has 0 atom stereocenters. The summed E-state index contributed by atoms with van der Waals surface area (Å²) < 4.78 is 35.4. The predicted molar refractivity (Wildman–Crippen MR) is 69.7 cm³/mol. The number of hydrogen-bond acceptors (Lipinski definition) is 1. The molecule has 0 aliphatic carbocycles. The number of nitrogens with zero attached hydrogens (tertiary/aromatic N) is 1. The Morgan fingerprint density at radius 2 is 1.67 bits per heavy atom. The van der Waals surface area contributed by atoms with E-state index in [-0.39, 0.29) is 10.7 Å². The highest BCUT2D eigenvalue weighted by molar-refractivity contribution is 6.89. The number of halogens is 8. The highest BCUT2D eigenvalue weighted by Gasteiger charge is 2.31. The Hall–Kier alpha value is 0.130. The first kappa shape index (κ1) is 16.2. The van der Waals surface area contributed by atoms with Crippen LogP contribution in [0.4, 0.5) is 18.9 Å². The van der Waals surface area contributed by atoms with Gasteiger partial charge >= 0.3 is 6.18 Å². The van der Waals surface area contributed by atoms with Gasteiger partial charge in [-0.25, -0.2) is 4.99 Å². The molecule has 18 heavy (non-hydrogen) atoms. The van der Waals surface area contributed by atoms with Crippen molar-refractivity contribution in [2.24, 2.45) is 4.99 Å². The third kappa shape index (κ3) is 4.35. The lowest BCUT2D eigenvalue weighted by atomic mass is 10.2. The van der Waals surface area contributed by atoms with E-state index in [1.54, 1.807) is 0 Å². The molecular weight excluding hydrogens is 356 g/mol. The lowest BCUT2D eigenvalue weighted by molar-refractivity contribution is -0.137. The SMILES string of the molecule is FC(F)(F)c1ccc(Cl)c(N=C(Cl)C(Cl)(Cl)Cl)c1. The van der Waals surface area contributed by atoms with E-state index < -0.39 is 20.7 Å². The van der Waals surface area contributed by atoms with E-state index >= 15 is 0 Å². The Balaban J connectivity index is 3.26. The summed E-state index contributed by atoms with van der Waals surface area (Å²) in [5.74, 6) is 0. The fourth-order valence-electron chi connectivity index (χ4n) is 0.944. The van der Waals surface area contributed by atoms with Crippen LogP contribution in [0.15, 0.2) is 23.2 Å². The molecule has 0 radical (unpaired) electrons. The molecular formula is C9H3Cl5F3N. The van der Waals surface area contributed by atoms with Gasteiger partial charge in [0.1, 0.15) is 0 Å². The highest BCUT2D eigenvalue weighted by atomic mass is 35.6. The van der Waals surface area contributed by atoms with Crippen LogP contribution in [-0.2, 0) is 6.18 Å². The third-order valence-corrected chi connectivity index (χ3v) is 3.24. The topological polar surface area (TPSA) is 12.4 Å². The van der Waals surface area contributed by atoms with Crippen molar-refractivity contribution in [3.05, 3.63) is 28.8 Å². The molecule has 0 N–H and O–H groups in total. The van der Waals surface area contributed by atoms with Crippen LogP contribution in [0.1, 0.15) is 5.56 Å². The third-order valence-electron chi connectivity index (χ3n) is 1.73. The van der Waals surface area contributed by atoms with Crippen LogP contribution in [0.2, 0.25) is 5.02 Å². The van der Waals surface area contributed by atoms with Crippen LogP contribution < -0.4 is 0 Å². The highest BCUT2D eigenvalue weighted by Crippen LogP contribution is 2.37. The van der Waals surface area contributed by atoms with Gasteiger partial charge in [-0.2, -0.15) is 13.2 Å². The van der Waals surface area contributed by atoms with Crippen LogP contribution in [0.5, 0.6) is 0 Å². The van der Waals surface area contributed by atoms with E-state index in [0.717, 1.165) is 12.1 Å². The van der Waals surface area contributed by atoms with Gasteiger partial charge in [-0.15, -0.1) is 0 Å². The quantitative estimate of drug-likeness (QED) is 0.431. The molecule has 1 nitrogen and oxygen atoms in total. The number of alkyl halides is 6. The molecule has 0 saturated carbocycles. The second-order valence-corrected chi connectivity index (χ2v) is 6.11. The normalized spacial score (nSPS) is 13.9. The molecule has 1 aromatic carbocycles. The summed E-state index contributed by atoms with van der Waals surface area (Å²) in [5.41, 5.74) is -1.16. The molecule has 0 unspecified atom stereocenters. The average molecular weight is 359 g/mol. The van der Waals surface area contributed by atoms with Crippen LogP contribution >= 0.6 is 58.0 Å². The number of aliphatic imine (C=N–C) groups is 1. The molecule has 1 rings (SSSR count). The molecule has 100 valence electrons. The minimum absolute atomic E-state index is 0.0459. The van der Waals surface area contributed by atoms with Gasteiger partial charge in [0.25, 0.3) is 0 Å². The van der Waals surface area contributed by atoms with Crippen molar-refractivity contribution in [2.75, 3.05) is 0 Å². The first-order valence-electron chi connectivity index (χ1n) is 4.20. The standard InChI is InChI=1S/C9H3Cl5F3N/c10-5-2-1-4(9(15,16)17)3-6(5)18-7(11)8(12,13)14/h1-3H. The summed E-state index contributed by atoms with van der Waals surface area (Å²) in [7, 11) is 0. The van der Waals surface area contributed by atoms with Crippen LogP contribution in [0.3, 0.4) is 0 Å². The lowest BCUT2D eigenvalue weighted by Crippen LogP contribution is -2.12. The summed E-state index contributed by atoms with van der Waals surface area (Å²) in [6.07, 6.45) is -4.53. The zero-order valence-electron chi connectivity index (χ0n) is 8.20. The maximum absolute atomic E-state index is 12.5. The number of benzene rings is 1. The summed E-state index contributed by atoms with van der Waals surface area (Å²) in [6, 6.07) is 2.55. The molecule has 0 saturated heterocycles. The first-order valence-corrected chi connectivity index (χ1v) is 6.09. The van der Waals surface area contributed by atoms with Gasteiger partial charge in [-0.1, -0.05) is 58.0 Å². The van der Waals surface area contributed by atoms with E-state index in [1.807, 2.05) is 0 Å². The maximum atomic E-state index is 12.5. The Morgan fingerprint density at radius 1 is 1.11 bits per heavy atom. The Morgan fingerprint density at radius 3 is 2.11 bits per heavy atom. The molecule has 0 spiro atoms. The van der Waals surface area contributed by atoms with Crippen LogP contribution in [0, 0.1) is 0 Å². The molecule has 0 aliphatic rings. The summed E-state index contributed by atoms with van der Waals surface area (Å²) in [5, 5.41) is -0.552. The molecule has 0 aliphatic heterocycles. The van der Waals surface area contributed by atoms with Gasteiger partial charge in [0.15, 0.2) is 5.17 Å². The van der Waals surface area contributed by atoms with Crippen molar-refractivity contribution in [3.8, 4) is 0 Å². The van der Waals surface area contributed by atoms with Crippen molar-refractivity contribution in [1.82, 2.24) is 0 Å². The number of hydrogen-bond donors (Lipinski definition) is 0. The van der Waals surface area contributed by atoms with Crippen molar-refractivity contribution < 1.29 is 13.2 Å². The van der Waals surface area contributed by atoms with Gasteiger partial charge in [0, 0.05) is 0 Å². The van der Waals surface area contributed by atoms with E-state index in [9.17, 15) is 13.2 Å². The van der Waals surface area contributed by atoms with E-state index in [2.05, 4.69) is 4.99 Å². The van der Waals surface area contributed by atoms with Gasteiger partial charge < -0.3 is 0 Å². The Bertz CT molecular complexity index is 478. The van der Waals surface area contributed by atoms with E-state index in [0.29, 0.717) is 6.07 Å². The largest absolute Gasteiger partial charge is 0.416 e. The van der Waals surface area contributed by atoms with E-state index in [1.165, 1.54) is 0 Å². The predicted octanol–water partition coefficient (Wildman–Crippen LogP) is 6.00. The molecule has 0 bridgehead atoms. The van der Waals surface area contributed by atoms with Gasteiger partial charge in [0.2, 0.25) is 3.79 Å². The number of rotatable bonds is 1. The zero-order chi connectivity index (χ0) is 14.1. The van der Waals surface area contributed by atoms with Crippen molar-refractivity contribution in [1.29, 1.82) is 0 Å². The summed E-state index contributed by atoms with van der Waals surface area (Å²) in [6.45, 7) is 0. The summed E-state index contributed by atoms with van der Waals surface area (Å²) >= 11 is 27.5. The minimum Gasteiger partial charge on any atom is -0.235 e. The average Bonchev–Trinajstić information content (AvgIpc) is 2.18. The van der Waals surface area contributed by atoms with Crippen molar-refractivity contribution >= 4 is 68.9 Å². The van der Waals surface area contributed by atoms with E-state index in [4.69, 9.17) is 58.0 Å². The summed E-state index contributed by atoms with van der Waals surface area (Å²) in [4.78, 5) is 3.56. The van der Waals surface area contributed by atoms with Gasteiger partial charge in [-0.05, 0) is 18.2 Å². The second kappa shape index (κ2) is 5.63. The maximum Gasteiger partial charge on any atom is 0.416 e. The van der Waals surface area contributed by atoms with Gasteiger partial charge in [0.05, 0.1) is 16.3 Å². The molecule has 0 fully saturated rings. The molecule has 0 amide bonds. The van der Waals surface area contributed by atoms with Crippen LogP contribution in [-0.4, -0.2) is 8.96 Å². The lowest BCUT2D eigenvalue weighted by Gasteiger charge is -2.10. The van der Waals surface area contributed by atoms with Crippen molar-refractivity contribution in [3.63, 3.8) is 0 Å². The fraction of sp³-hybridized carbons (Fsp3) is 0.222. The van der Waals surface area contributed by atoms with Gasteiger partial charge in [-0.3, -0.25) is 0 Å². The molecule has 1 aromatic rings. The first-order chi connectivity index (χ1) is 8.01. The fourth-order valence-corrected chi connectivity index (χ4v) is 1.32. The minimum atomic E-state index is -4.53. The monoisotopic (exact) mass is 357 g/mol.